The van der Waals surface area contributed by atoms with Crippen LogP contribution in [0.25, 0.3) is 0 Å². The monoisotopic (exact) mass is 413 g/mol. The SMILES string of the molecule is COCCOc1ccccc1NC(=O)/C(=N\N(C)c1ccccc1C(=O)O)C(C)=O. The van der Waals surface area contributed by atoms with Crippen molar-refractivity contribution in [2.24, 2.45) is 5.10 Å². The van der Waals surface area contributed by atoms with Crippen molar-refractivity contribution in [3.05, 3.63) is 54.1 Å². The van der Waals surface area contributed by atoms with Crippen molar-refractivity contribution in [3.8, 4) is 5.75 Å². The van der Waals surface area contributed by atoms with Crippen LogP contribution in [0, 0.1) is 0 Å². The molecule has 158 valence electrons. The maximum atomic E-state index is 12.7. The Morgan fingerprint density at radius 1 is 1.07 bits per heavy atom. The second-order valence-electron chi connectivity index (χ2n) is 6.14. The molecule has 0 aliphatic heterocycles. The number of hydrogen-bond donors (Lipinski definition) is 2. The van der Waals surface area contributed by atoms with Crippen LogP contribution in [0.5, 0.6) is 5.75 Å². The fourth-order valence-corrected chi connectivity index (χ4v) is 2.53. The minimum absolute atomic E-state index is 0.0102. The van der Waals surface area contributed by atoms with Gasteiger partial charge in [-0.3, -0.25) is 14.6 Å². The Kier molecular flexibility index (Phi) is 8.07. The van der Waals surface area contributed by atoms with Crippen molar-refractivity contribution in [1.82, 2.24) is 0 Å². The zero-order valence-electron chi connectivity index (χ0n) is 16.9. The Hall–Kier alpha value is -3.72. The number of benzene rings is 2. The van der Waals surface area contributed by atoms with Crippen molar-refractivity contribution in [2.75, 3.05) is 37.7 Å². The summed E-state index contributed by atoms with van der Waals surface area (Å²) in [4.78, 5) is 36.2. The van der Waals surface area contributed by atoms with Gasteiger partial charge in [-0.1, -0.05) is 24.3 Å². The summed E-state index contributed by atoms with van der Waals surface area (Å²) in [6.07, 6.45) is 0. The number of carboxylic acids is 1. The quantitative estimate of drug-likeness (QED) is 0.266. The molecule has 30 heavy (non-hydrogen) atoms. The van der Waals surface area contributed by atoms with Crippen molar-refractivity contribution in [2.45, 2.75) is 6.92 Å². The minimum Gasteiger partial charge on any atom is -0.489 e. The summed E-state index contributed by atoms with van der Waals surface area (Å²) in [7, 11) is 3.01. The summed E-state index contributed by atoms with van der Waals surface area (Å²) in [5, 5.41) is 17.2. The number of nitrogens with zero attached hydrogens (tertiary/aromatic N) is 2. The molecule has 0 saturated heterocycles. The van der Waals surface area contributed by atoms with Crippen molar-refractivity contribution < 1.29 is 29.0 Å². The minimum atomic E-state index is -1.15. The van der Waals surface area contributed by atoms with Gasteiger partial charge in [-0.05, 0) is 24.3 Å². The Balaban J connectivity index is 2.28. The fourth-order valence-electron chi connectivity index (χ4n) is 2.53. The zero-order chi connectivity index (χ0) is 22.1. The van der Waals surface area contributed by atoms with E-state index in [0.717, 1.165) is 0 Å². The second-order valence-corrected chi connectivity index (χ2v) is 6.14. The molecule has 2 aromatic rings. The van der Waals surface area contributed by atoms with Crippen LogP contribution in [0.15, 0.2) is 53.6 Å². The number of carboxylic acid groups (broad SMARTS) is 1. The molecule has 9 heteroatoms. The topological polar surface area (TPSA) is 118 Å². The third-order valence-corrected chi connectivity index (χ3v) is 3.96. The van der Waals surface area contributed by atoms with Gasteiger partial charge in [0.2, 0.25) is 0 Å². The molecule has 0 bridgehead atoms. The highest BCUT2D eigenvalue weighted by Gasteiger charge is 2.21. The third-order valence-electron chi connectivity index (χ3n) is 3.96. The highest BCUT2D eigenvalue weighted by molar-refractivity contribution is 6.67. The fraction of sp³-hybridized carbons (Fsp3) is 0.238. The van der Waals surface area contributed by atoms with Gasteiger partial charge < -0.3 is 19.9 Å². The Morgan fingerprint density at radius 3 is 2.40 bits per heavy atom. The van der Waals surface area contributed by atoms with E-state index in [1.54, 1.807) is 43.5 Å². The lowest BCUT2D eigenvalue weighted by molar-refractivity contribution is -0.114. The summed E-state index contributed by atoms with van der Waals surface area (Å²) in [5.41, 5.74) is 0.203. The van der Waals surface area contributed by atoms with E-state index >= 15 is 0 Å². The first-order chi connectivity index (χ1) is 14.3. The molecule has 0 radical (unpaired) electrons. The van der Waals surface area contributed by atoms with E-state index < -0.39 is 17.7 Å². The molecular formula is C21H23N3O6. The summed E-state index contributed by atoms with van der Waals surface area (Å²) >= 11 is 0. The lowest BCUT2D eigenvalue weighted by atomic mass is 10.2. The smallest absolute Gasteiger partial charge is 0.337 e. The second kappa shape index (κ2) is 10.7. The highest BCUT2D eigenvalue weighted by atomic mass is 16.5. The first-order valence-corrected chi connectivity index (χ1v) is 9.02. The summed E-state index contributed by atoms with van der Waals surface area (Å²) < 4.78 is 10.5. The molecule has 1 amide bonds. The number of carbonyl (C=O) groups is 3. The van der Waals surface area contributed by atoms with E-state index in [9.17, 15) is 19.5 Å². The number of ketones is 1. The molecule has 0 aliphatic rings. The molecule has 0 atom stereocenters. The summed E-state index contributed by atoms with van der Waals surface area (Å²) in [6, 6.07) is 12.9. The molecular weight excluding hydrogens is 390 g/mol. The number of methoxy groups -OCH3 is 1. The maximum absolute atomic E-state index is 12.7. The van der Waals surface area contributed by atoms with Crippen LogP contribution in [0.2, 0.25) is 0 Å². The number of rotatable bonds is 10. The average Bonchev–Trinajstić information content (AvgIpc) is 2.72. The molecule has 2 aromatic carbocycles. The van der Waals surface area contributed by atoms with E-state index in [-0.39, 0.29) is 23.6 Å². The largest absolute Gasteiger partial charge is 0.489 e. The first kappa shape index (κ1) is 22.6. The van der Waals surface area contributed by atoms with Gasteiger partial charge in [-0.15, -0.1) is 0 Å². The Morgan fingerprint density at radius 2 is 1.73 bits per heavy atom. The molecule has 0 unspecified atom stereocenters. The summed E-state index contributed by atoms with van der Waals surface area (Å²) in [5.74, 6) is -2.06. The van der Waals surface area contributed by atoms with E-state index in [0.29, 0.717) is 18.0 Å². The molecule has 2 rings (SSSR count). The lowest BCUT2D eigenvalue weighted by Crippen LogP contribution is -2.31. The molecule has 0 heterocycles. The van der Waals surface area contributed by atoms with E-state index in [4.69, 9.17) is 9.47 Å². The average molecular weight is 413 g/mol. The summed E-state index contributed by atoms with van der Waals surface area (Å²) in [6.45, 7) is 1.86. The number of hydrazone groups is 1. The first-order valence-electron chi connectivity index (χ1n) is 9.02. The number of para-hydroxylation sites is 3. The van der Waals surface area contributed by atoms with Gasteiger partial charge in [0.25, 0.3) is 5.91 Å². The number of aromatic carboxylic acids is 1. The van der Waals surface area contributed by atoms with Crippen LogP contribution in [0.3, 0.4) is 0 Å². The van der Waals surface area contributed by atoms with Gasteiger partial charge in [-0.2, -0.15) is 5.10 Å². The molecule has 9 nitrogen and oxygen atoms in total. The van der Waals surface area contributed by atoms with Gasteiger partial charge >= 0.3 is 5.97 Å². The van der Waals surface area contributed by atoms with Crippen LogP contribution in [0.1, 0.15) is 17.3 Å². The van der Waals surface area contributed by atoms with Gasteiger partial charge in [0, 0.05) is 21.1 Å². The molecule has 0 fully saturated rings. The van der Waals surface area contributed by atoms with E-state index in [1.165, 1.54) is 31.1 Å². The van der Waals surface area contributed by atoms with Crippen molar-refractivity contribution >= 4 is 34.7 Å². The molecule has 0 aromatic heterocycles. The van der Waals surface area contributed by atoms with Crippen molar-refractivity contribution in [1.29, 1.82) is 0 Å². The van der Waals surface area contributed by atoms with Crippen LogP contribution in [-0.4, -0.2) is 55.8 Å². The molecule has 0 aliphatic carbocycles. The van der Waals surface area contributed by atoms with Crippen LogP contribution in [0.4, 0.5) is 11.4 Å². The van der Waals surface area contributed by atoms with Crippen LogP contribution in [-0.2, 0) is 14.3 Å². The number of nitrogens with one attached hydrogen (secondary N) is 1. The number of hydrogen-bond acceptors (Lipinski definition) is 7. The standard InChI is InChI=1S/C21H23N3O6/c1-14(25)19(23-24(2)17-10-6-4-8-15(17)21(27)28)20(26)22-16-9-5-7-11-18(16)30-13-12-29-3/h4-11H,12-13H2,1-3H3,(H,22,26)(H,27,28)/b23-19-. The predicted molar refractivity (Wildman–Crippen MR) is 112 cm³/mol. The van der Waals surface area contributed by atoms with Crippen LogP contribution >= 0.6 is 0 Å². The zero-order valence-corrected chi connectivity index (χ0v) is 16.9. The van der Waals surface area contributed by atoms with Crippen molar-refractivity contribution in [3.63, 3.8) is 0 Å². The number of anilines is 2. The number of Topliss-reactive ketones (excluding diaryl/α,β-unsaturated/α-hetero) is 1. The highest BCUT2D eigenvalue weighted by Crippen LogP contribution is 2.24. The number of amides is 1. The molecule has 0 spiro atoms. The van der Waals surface area contributed by atoms with Gasteiger partial charge in [0.05, 0.1) is 23.5 Å². The number of carbonyl (C=O) groups excluding carboxylic acids is 2. The normalized spacial score (nSPS) is 11.0. The predicted octanol–water partition coefficient (Wildman–Crippen LogP) is 2.43. The molecule has 2 N–H and O–H groups in total. The Labute approximate surface area is 173 Å². The van der Waals surface area contributed by atoms with Gasteiger partial charge in [0.15, 0.2) is 11.5 Å². The lowest BCUT2D eigenvalue weighted by Gasteiger charge is -2.17. The molecule has 0 saturated carbocycles. The van der Waals surface area contributed by atoms with E-state index in [1.807, 2.05) is 0 Å². The Bertz CT molecular complexity index is 957. The van der Waals surface area contributed by atoms with Gasteiger partial charge in [0.1, 0.15) is 12.4 Å². The van der Waals surface area contributed by atoms with E-state index in [2.05, 4.69) is 10.4 Å². The van der Waals surface area contributed by atoms with Gasteiger partial charge in [-0.25, -0.2) is 4.79 Å². The van der Waals surface area contributed by atoms with Crippen LogP contribution < -0.4 is 15.1 Å². The third kappa shape index (κ3) is 5.89. The maximum Gasteiger partial charge on any atom is 0.337 e. The number of ether oxygens (including phenoxy) is 2.